The third-order valence-corrected chi connectivity index (χ3v) is 3.25. The van der Waals surface area contributed by atoms with Crippen LogP contribution in [0, 0.1) is 0 Å². The summed E-state index contributed by atoms with van der Waals surface area (Å²) >= 11 is 0. The quantitative estimate of drug-likeness (QED) is 0.857. The summed E-state index contributed by atoms with van der Waals surface area (Å²) in [6, 6.07) is 9.95. The van der Waals surface area contributed by atoms with Gasteiger partial charge in [0, 0.05) is 6.20 Å². The number of hydrogen-bond donors (Lipinski definition) is 2. The second kappa shape index (κ2) is 7.61. The summed E-state index contributed by atoms with van der Waals surface area (Å²) in [5.74, 6) is 0.615. The van der Waals surface area contributed by atoms with E-state index in [2.05, 4.69) is 43.1 Å². The van der Waals surface area contributed by atoms with Gasteiger partial charge in [0.2, 0.25) is 0 Å². The summed E-state index contributed by atoms with van der Waals surface area (Å²) in [4.78, 5) is 4.03. The van der Waals surface area contributed by atoms with E-state index < -0.39 is 0 Å². The predicted octanol–water partition coefficient (Wildman–Crippen LogP) is 3.45. The molecular formula is C18H21NO3. The van der Waals surface area contributed by atoms with Crippen LogP contribution < -0.4 is 4.74 Å². The number of aromatic nitrogens is 1. The van der Waals surface area contributed by atoms with Gasteiger partial charge >= 0.3 is 0 Å². The van der Waals surface area contributed by atoms with E-state index in [4.69, 9.17) is 9.84 Å². The molecule has 2 N–H and O–H groups in total. The van der Waals surface area contributed by atoms with E-state index in [1.165, 1.54) is 5.56 Å². The highest BCUT2D eigenvalue weighted by Gasteiger charge is 2.04. The number of hydrogen-bond acceptors (Lipinski definition) is 4. The Labute approximate surface area is 130 Å². The van der Waals surface area contributed by atoms with Crippen LogP contribution in [0.15, 0.2) is 36.5 Å². The lowest BCUT2D eigenvalue weighted by Gasteiger charge is -2.06. The third-order valence-electron chi connectivity index (χ3n) is 3.25. The van der Waals surface area contributed by atoms with Crippen molar-refractivity contribution in [3.63, 3.8) is 0 Å². The second-order valence-corrected chi connectivity index (χ2v) is 5.32. The highest BCUT2D eigenvalue weighted by atomic mass is 16.5. The number of aromatic hydroxyl groups is 1. The molecule has 0 bridgehead atoms. The molecule has 0 amide bonds. The zero-order valence-electron chi connectivity index (χ0n) is 12.9. The van der Waals surface area contributed by atoms with Crippen molar-refractivity contribution in [2.75, 3.05) is 13.2 Å². The Bertz CT molecular complexity index is 633. The van der Waals surface area contributed by atoms with Crippen LogP contribution in [0.5, 0.6) is 11.6 Å². The van der Waals surface area contributed by atoms with E-state index >= 15 is 0 Å². The van der Waals surface area contributed by atoms with E-state index in [-0.39, 0.29) is 24.8 Å². The Kier molecular flexibility index (Phi) is 5.55. The van der Waals surface area contributed by atoms with Crippen molar-refractivity contribution in [1.82, 2.24) is 4.98 Å². The molecule has 1 aromatic carbocycles. The molecular weight excluding hydrogens is 278 g/mol. The molecule has 4 nitrogen and oxygen atoms in total. The maximum atomic E-state index is 9.81. The normalized spacial score (nSPS) is 11.3. The van der Waals surface area contributed by atoms with Gasteiger partial charge in [0.25, 0.3) is 5.88 Å². The fourth-order valence-corrected chi connectivity index (χ4v) is 1.99. The van der Waals surface area contributed by atoms with Gasteiger partial charge in [-0.25, -0.2) is 4.98 Å². The SMILES string of the molecule is CC(C)c1ccc(/C=C/c2cnc(OCCO)c(O)c2)cc1. The Morgan fingerprint density at radius 1 is 1.14 bits per heavy atom. The van der Waals surface area contributed by atoms with Crippen molar-refractivity contribution >= 4 is 12.2 Å². The van der Waals surface area contributed by atoms with E-state index in [0.717, 1.165) is 11.1 Å². The van der Waals surface area contributed by atoms with Crippen LogP contribution in [0.25, 0.3) is 12.2 Å². The molecule has 0 unspecified atom stereocenters. The highest BCUT2D eigenvalue weighted by molar-refractivity contribution is 5.70. The Hall–Kier alpha value is -2.33. The molecule has 0 spiro atoms. The van der Waals surface area contributed by atoms with Gasteiger partial charge in [-0.1, -0.05) is 50.3 Å². The minimum absolute atomic E-state index is 0.0363. The first-order valence-electron chi connectivity index (χ1n) is 7.31. The fraction of sp³-hybridized carbons (Fsp3) is 0.278. The Morgan fingerprint density at radius 3 is 2.41 bits per heavy atom. The molecule has 0 aliphatic rings. The van der Waals surface area contributed by atoms with Gasteiger partial charge in [0.05, 0.1) is 6.61 Å². The van der Waals surface area contributed by atoms with Crippen LogP contribution >= 0.6 is 0 Å². The van der Waals surface area contributed by atoms with Crippen molar-refractivity contribution in [2.45, 2.75) is 19.8 Å². The number of nitrogens with zero attached hydrogens (tertiary/aromatic N) is 1. The van der Waals surface area contributed by atoms with Crippen LogP contribution in [-0.4, -0.2) is 28.4 Å². The lowest BCUT2D eigenvalue weighted by atomic mass is 10.0. The van der Waals surface area contributed by atoms with Gasteiger partial charge in [-0.05, 0) is 28.7 Å². The molecule has 0 saturated carbocycles. The second-order valence-electron chi connectivity index (χ2n) is 5.32. The summed E-state index contributed by atoms with van der Waals surface area (Å²) in [5, 5.41) is 18.5. The van der Waals surface area contributed by atoms with Crippen molar-refractivity contribution < 1.29 is 14.9 Å². The van der Waals surface area contributed by atoms with Crippen molar-refractivity contribution in [1.29, 1.82) is 0 Å². The first-order chi connectivity index (χ1) is 10.6. The molecule has 1 aromatic heterocycles. The van der Waals surface area contributed by atoms with Crippen molar-refractivity contribution in [3.8, 4) is 11.6 Å². The molecule has 0 atom stereocenters. The first-order valence-corrected chi connectivity index (χ1v) is 7.31. The minimum atomic E-state index is -0.116. The van der Waals surface area contributed by atoms with Crippen LogP contribution in [0.2, 0.25) is 0 Å². The van der Waals surface area contributed by atoms with Crippen molar-refractivity contribution in [3.05, 3.63) is 53.2 Å². The smallest absolute Gasteiger partial charge is 0.256 e. The first kappa shape index (κ1) is 16.0. The van der Waals surface area contributed by atoms with Gasteiger partial charge in [0.1, 0.15) is 6.61 Å². The molecule has 2 aromatic rings. The van der Waals surface area contributed by atoms with Crippen LogP contribution in [0.1, 0.15) is 36.5 Å². The van der Waals surface area contributed by atoms with Crippen LogP contribution in [-0.2, 0) is 0 Å². The highest BCUT2D eigenvalue weighted by Crippen LogP contribution is 2.24. The average molecular weight is 299 g/mol. The van der Waals surface area contributed by atoms with Gasteiger partial charge < -0.3 is 14.9 Å². The summed E-state index contributed by atoms with van der Waals surface area (Å²) < 4.78 is 5.10. The number of benzene rings is 1. The standard InChI is InChI=1S/C18H21NO3/c1-13(2)16-7-5-14(6-8-16)3-4-15-11-17(21)18(19-12-15)22-10-9-20/h3-8,11-13,20-21H,9-10H2,1-2H3/b4-3+. The number of pyridine rings is 1. The number of ether oxygens (including phenoxy) is 1. The number of rotatable bonds is 6. The van der Waals surface area contributed by atoms with E-state index in [9.17, 15) is 5.11 Å². The third kappa shape index (κ3) is 4.33. The molecule has 0 aliphatic carbocycles. The molecule has 1 heterocycles. The largest absolute Gasteiger partial charge is 0.503 e. The Morgan fingerprint density at radius 2 is 1.82 bits per heavy atom. The van der Waals surface area contributed by atoms with Gasteiger partial charge in [-0.15, -0.1) is 0 Å². The zero-order valence-corrected chi connectivity index (χ0v) is 12.9. The fourth-order valence-electron chi connectivity index (χ4n) is 1.99. The van der Waals surface area contributed by atoms with Crippen LogP contribution in [0.3, 0.4) is 0 Å². The Balaban J connectivity index is 2.07. The maximum Gasteiger partial charge on any atom is 0.256 e. The van der Waals surface area contributed by atoms with E-state index in [1.807, 2.05) is 12.2 Å². The molecule has 0 fully saturated rings. The molecule has 4 heteroatoms. The molecule has 2 rings (SSSR count). The lowest BCUT2D eigenvalue weighted by molar-refractivity contribution is 0.192. The summed E-state index contributed by atoms with van der Waals surface area (Å²) in [7, 11) is 0. The lowest BCUT2D eigenvalue weighted by Crippen LogP contribution is -2.03. The molecule has 116 valence electrons. The summed E-state index contributed by atoms with van der Waals surface area (Å²) in [6.45, 7) is 4.33. The zero-order chi connectivity index (χ0) is 15.9. The summed E-state index contributed by atoms with van der Waals surface area (Å²) in [5.41, 5.74) is 3.17. The average Bonchev–Trinajstić information content (AvgIpc) is 2.52. The van der Waals surface area contributed by atoms with Crippen molar-refractivity contribution in [2.24, 2.45) is 0 Å². The van der Waals surface area contributed by atoms with E-state index in [1.54, 1.807) is 12.3 Å². The molecule has 0 aliphatic heterocycles. The maximum absolute atomic E-state index is 9.81. The summed E-state index contributed by atoms with van der Waals surface area (Å²) in [6.07, 6.45) is 5.47. The van der Waals surface area contributed by atoms with Gasteiger partial charge in [0.15, 0.2) is 5.75 Å². The minimum Gasteiger partial charge on any atom is -0.503 e. The molecule has 0 radical (unpaired) electrons. The number of aliphatic hydroxyl groups excluding tert-OH is 1. The topological polar surface area (TPSA) is 62.6 Å². The monoisotopic (exact) mass is 299 g/mol. The van der Waals surface area contributed by atoms with Gasteiger partial charge in [-0.2, -0.15) is 0 Å². The molecule has 22 heavy (non-hydrogen) atoms. The predicted molar refractivity (Wildman–Crippen MR) is 87.9 cm³/mol. The van der Waals surface area contributed by atoms with E-state index in [0.29, 0.717) is 5.92 Å². The molecule has 0 saturated heterocycles. The van der Waals surface area contributed by atoms with Crippen LogP contribution in [0.4, 0.5) is 0 Å². The number of aliphatic hydroxyl groups is 1. The van der Waals surface area contributed by atoms with Gasteiger partial charge in [-0.3, -0.25) is 0 Å².